The Balaban J connectivity index is 1.45. The zero-order valence-electron chi connectivity index (χ0n) is 10.2. The minimum Gasteiger partial charge on any atom is -0.311 e. The van der Waals surface area contributed by atoms with Crippen LogP contribution in [-0.4, -0.2) is 12.1 Å². The van der Waals surface area contributed by atoms with E-state index in [0.29, 0.717) is 0 Å². The zero-order valence-corrected chi connectivity index (χ0v) is 10.2. The molecule has 0 saturated heterocycles. The molecule has 0 heterocycles. The highest BCUT2D eigenvalue weighted by Gasteiger charge is 2.43. The van der Waals surface area contributed by atoms with Gasteiger partial charge in [-0.25, -0.2) is 0 Å². The molecule has 3 aliphatic rings. The van der Waals surface area contributed by atoms with Crippen LogP contribution >= 0.6 is 0 Å². The molecule has 3 rings (SSSR count). The molecule has 15 heavy (non-hydrogen) atoms. The molecule has 0 spiro atoms. The van der Waals surface area contributed by atoms with Crippen molar-refractivity contribution in [2.24, 2.45) is 23.7 Å². The smallest absolute Gasteiger partial charge is 0.0126 e. The van der Waals surface area contributed by atoms with Crippen molar-refractivity contribution in [3.8, 4) is 0 Å². The maximum atomic E-state index is 3.96. The maximum absolute atomic E-state index is 3.96. The van der Waals surface area contributed by atoms with Crippen LogP contribution < -0.4 is 5.32 Å². The summed E-state index contributed by atoms with van der Waals surface area (Å²) in [5.74, 6) is 4.05. The van der Waals surface area contributed by atoms with Crippen molar-refractivity contribution in [1.82, 2.24) is 5.32 Å². The Morgan fingerprint density at radius 1 is 0.867 bits per heavy atom. The predicted molar refractivity (Wildman–Crippen MR) is 63.7 cm³/mol. The fourth-order valence-electron chi connectivity index (χ4n) is 3.18. The van der Waals surface area contributed by atoms with E-state index >= 15 is 0 Å². The Morgan fingerprint density at radius 2 is 1.40 bits per heavy atom. The normalized spacial score (nSPS) is 36.0. The Kier molecular flexibility index (Phi) is 2.54. The Morgan fingerprint density at radius 3 is 1.80 bits per heavy atom. The molecule has 86 valence electrons. The van der Waals surface area contributed by atoms with Crippen LogP contribution in [0.4, 0.5) is 0 Å². The standard InChI is InChI=1S/C14H25N/c1-9(2)12-7-13(8-12)15-14(10-3-4-10)11-5-6-11/h9-15H,3-8H2,1-2H3. The van der Waals surface area contributed by atoms with E-state index in [0.717, 1.165) is 35.8 Å². The lowest BCUT2D eigenvalue weighted by atomic mass is 9.73. The minimum absolute atomic E-state index is 0.878. The maximum Gasteiger partial charge on any atom is 0.0126 e. The molecule has 1 nitrogen and oxygen atoms in total. The van der Waals surface area contributed by atoms with Gasteiger partial charge in [0.1, 0.15) is 0 Å². The highest BCUT2D eigenvalue weighted by molar-refractivity contribution is 4.99. The Labute approximate surface area is 94.0 Å². The van der Waals surface area contributed by atoms with Gasteiger partial charge in [0.25, 0.3) is 0 Å². The molecule has 1 heteroatoms. The summed E-state index contributed by atoms with van der Waals surface area (Å²) in [5, 5.41) is 3.96. The topological polar surface area (TPSA) is 12.0 Å². The molecular formula is C14H25N. The molecule has 3 fully saturated rings. The molecule has 3 aliphatic carbocycles. The van der Waals surface area contributed by atoms with E-state index in [1.807, 2.05) is 0 Å². The van der Waals surface area contributed by atoms with Crippen LogP contribution in [0.1, 0.15) is 52.4 Å². The first-order chi connectivity index (χ1) is 7.24. The molecule has 3 saturated carbocycles. The van der Waals surface area contributed by atoms with Gasteiger partial charge in [-0.1, -0.05) is 13.8 Å². The molecule has 0 atom stereocenters. The molecule has 0 aromatic heterocycles. The molecule has 0 radical (unpaired) electrons. The SMILES string of the molecule is CC(C)C1CC(NC(C2CC2)C2CC2)C1. The quantitative estimate of drug-likeness (QED) is 0.730. The van der Waals surface area contributed by atoms with Gasteiger partial charge in [-0.3, -0.25) is 0 Å². The van der Waals surface area contributed by atoms with Gasteiger partial charge in [-0.15, -0.1) is 0 Å². The summed E-state index contributed by atoms with van der Waals surface area (Å²) >= 11 is 0. The van der Waals surface area contributed by atoms with Crippen molar-refractivity contribution in [1.29, 1.82) is 0 Å². The fourth-order valence-corrected chi connectivity index (χ4v) is 3.18. The van der Waals surface area contributed by atoms with Crippen molar-refractivity contribution < 1.29 is 0 Å². The van der Waals surface area contributed by atoms with E-state index in [1.54, 1.807) is 0 Å². The third-order valence-corrected chi connectivity index (χ3v) is 4.81. The summed E-state index contributed by atoms with van der Waals surface area (Å²) in [6.45, 7) is 4.75. The van der Waals surface area contributed by atoms with E-state index in [4.69, 9.17) is 0 Å². The Hall–Kier alpha value is -0.0400. The van der Waals surface area contributed by atoms with E-state index in [9.17, 15) is 0 Å². The first-order valence-corrected chi connectivity index (χ1v) is 7.00. The Bertz CT molecular complexity index is 209. The predicted octanol–water partition coefficient (Wildman–Crippen LogP) is 3.20. The van der Waals surface area contributed by atoms with Crippen molar-refractivity contribution in [3.05, 3.63) is 0 Å². The minimum atomic E-state index is 0.878. The molecular weight excluding hydrogens is 182 g/mol. The van der Waals surface area contributed by atoms with Gasteiger partial charge in [0.05, 0.1) is 0 Å². The summed E-state index contributed by atoms with van der Waals surface area (Å²) in [5.41, 5.74) is 0. The van der Waals surface area contributed by atoms with Gasteiger partial charge in [-0.05, 0) is 62.2 Å². The fraction of sp³-hybridized carbons (Fsp3) is 1.00. The number of nitrogens with one attached hydrogen (secondary N) is 1. The largest absolute Gasteiger partial charge is 0.311 e. The first-order valence-electron chi connectivity index (χ1n) is 7.00. The van der Waals surface area contributed by atoms with Gasteiger partial charge >= 0.3 is 0 Å². The molecule has 0 aromatic carbocycles. The first kappa shape index (κ1) is 10.1. The van der Waals surface area contributed by atoms with Crippen LogP contribution in [0.25, 0.3) is 0 Å². The molecule has 1 N–H and O–H groups in total. The summed E-state index contributed by atoms with van der Waals surface area (Å²) < 4.78 is 0. The summed E-state index contributed by atoms with van der Waals surface area (Å²) in [7, 11) is 0. The van der Waals surface area contributed by atoms with E-state index < -0.39 is 0 Å². The summed E-state index contributed by atoms with van der Waals surface area (Å²) in [6, 6.07) is 1.80. The monoisotopic (exact) mass is 207 g/mol. The highest BCUT2D eigenvalue weighted by Crippen LogP contribution is 2.46. The average molecular weight is 207 g/mol. The second-order valence-corrected chi connectivity index (χ2v) is 6.54. The number of hydrogen-bond donors (Lipinski definition) is 1. The van der Waals surface area contributed by atoms with Crippen molar-refractivity contribution in [3.63, 3.8) is 0 Å². The van der Waals surface area contributed by atoms with E-state index in [-0.39, 0.29) is 0 Å². The lowest BCUT2D eigenvalue weighted by Crippen LogP contribution is -2.49. The van der Waals surface area contributed by atoms with Gasteiger partial charge in [0.2, 0.25) is 0 Å². The second-order valence-electron chi connectivity index (χ2n) is 6.54. The molecule has 0 aliphatic heterocycles. The van der Waals surface area contributed by atoms with Crippen LogP contribution in [0.5, 0.6) is 0 Å². The lowest BCUT2D eigenvalue weighted by molar-refractivity contribution is 0.148. The van der Waals surface area contributed by atoms with Gasteiger partial charge < -0.3 is 5.32 Å². The van der Waals surface area contributed by atoms with Crippen LogP contribution in [-0.2, 0) is 0 Å². The molecule has 0 aromatic rings. The van der Waals surface area contributed by atoms with Crippen LogP contribution in [0.2, 0.25) is 0 Å². The van der Waals surface area contributed by atoms with Gasteiger partial charge in [0, 0.05) is 12.1 Å². The van der Waals surface area contributed by atoms with Gasteiger partial charge in [0.15, 0.2) is 0 Å². The van der Waals surface area contributed by atoms with Crippen LogP contribution in [0.15, 0.2) is 0 Å². The zero-order chi connectivity index (χ0) is 10.4. The van der Waals surface area contributed by atoms with Crippen LogP contribution in [0.3, 0.4) is 0 Å². The molecule has 0 bridgehead atoms. The number of hydrogen-bond acceptors (Lipinski definition) is 1. The van der Waals surface area contributed by atoms with Crippen LogP contribution in [0, 0.1) is 23.7 Å². The average Bonchev–Trinajstić information content (AvgIpc) is 2.97. The molecule has 0 unspecified atom stereocenters. The summed E-state index contributed by atoms with van der Waals surface area (Å²) in [4.78, 5) is 0. The second kappa shape index (κ2) is 3.76. The van der Waals surface area contributed by atoms with Crippen molar-refractivity contribution in [2.45, 2.75) is 64.5 Å². The molecule has 0 amide bonds. The van der Waals surface area contributed by atoms with Gasteiger partial charge in [-0.2, -0.15) is 0 Å². The third-order valence-electron chi connectivity index (χ3n) is 4.81. The van der Waals surface area contributed by atoms with E-state index in [1.165, 1.54) is 38.5 Å². The summed E-state index contributed by atoms with van der Waals surface area (Å²) in [6.07, 6.45) is 8.94. The van der Waals surface area contributed by atoms with Crippen molar-refractivity contribution in [2.75, 3.05) is 0 Å². The van der Waals surface area contributed by atoms with E-state index in [2.05, 4.69) is 19.2 Å². The lowest BCUT2D eigenvalue weighted by Gasteiger charge is -2.41. The third kappa shape index (κ3) is 2.22. The van der Waals surface area contributed by atoms with Crippen molar-refractivity contribution >= 4 is 0 Å². The highest BCUT2D eigenvalue weighted by atomic mass is 15.0. The number of rotatable bonds is 5.